The molecule has 35 heavy (non-hydrogen) atoms. The van der Waals surface area contributed by atoms with Crippen LogP contribution in [0.15, 0.2) is 48.0 Å². The smallest absolute Gasteiger partial charge is 0.295 e. The maximum Gasteiger partial charge on any atom is 0.295 e. The molecule has 0 spiro atoms. The molecule has 2 fully saturated rings. The number of aliphatic hydroxyl groups excluding tert-OH is 1. The number of likely N-dealkylation sites (tertiary alicyclic amines) is 1. The fourth-order valence-electron chi connectivity index (χ4n) is 4.32. The van der Waals surface area contributed by atoms with Gasteiger partial charge in [-0.05, 0) is 17.7 Å². The Morgan fingerprint density at radius 3 is 2.57 bits per heavy atom. The summed E-state index contributed by atoms with van der Waals surface area (Å²) in [5, 5.41) is 32.9. The van der Waals surface area contributed by atoms with Gasteiger partial charge in [0.1, 0.15) is 17.3 Å². The molecule has 1 atom stereocenters. The van der Waals surface area contributed by atoms with Gasteiger partial charge in [0.15, 0.2) is 0 Å². The predicted octanol–water partition coefficient (Wildman–Crippen LogP) is 2.06. The van der Waals surface area contributed by atoms with Gasteiger partial charge in [0.25, 0.3) is 17.4 Å². The number of hydrogen-bond donors (Lipinski definition) is 2. The summed E-state index contributed by atoms with van der Waals surface area (Å²) in [6.45, 7) is 3.07. The Morgan fingerprint density at radius 1 is 1.17 bits per heavy atom. The number of benzene rings is 2. The van der Waals surface area contributed by atoms with Crippen molar-refractivity contribution in [2.75, 3.05) is 46.5 Å². The van der Waals surface area contributed by atoms with Crippen LogP contribution in [-0.4, -0.2) is 83.1 Å². The summed E-state index contributed by atoms with van der Waals surface area (Å²) in [7, 11) is 1.41. The summed E-state index contributed by atoms with van der Waals surface area (Å²) in [6, 6.07) is 8.66. The fourth-order valence-corrected chi connectivity index (χ4v) is 4.32. The van der Waals surface area contributed by atoms with Crippen LogP contribution in [0.2, 0.25) is 0 Å². The largest absolute Gasteiger partial charge is 0.507 e. The van der Waals surface area contributed by atoms with E-state index in [0.717, 1.165) is 0 Å². The molecule has 11 heteroatoms. The number of phenolic OH excluding ortho intramolecular Hbond substituents is 1. The van der Waals surface area contributed by atoms with E-state index in [2.05, 4.69) is 4.90 Å². The Labute approximate surface area is 200 Å². The number of rotatable bonds is 7. The van der Waals surface area contributed by atoms with E-state index >= 15 is 0 Å². The molecule has 2 aromatic carbocycles. The third-order valence-corrected chi connectivity index (χ3v) is 6.16. The van der Waals surface area contributed by atoms with Crippen molar-refractivity contribution in [2.24, 2.45) is 0 Å². The number of methoxy groups -OCH3 is 1. The lowest BCUT2D eigenvalue weighted by Gasteiger charge is -2.31. The Bertz CT molecular complexity index is 1190. The lowest BCUT2D eigenvalue weighted by atomic mass is 9.94. The molecule has 2 aliphatic heterocycles. The van der Waals surface area contributed by atoms with Crippen LogP contribution in [0, 0.1) is 10.1 Å². The van der Waals surface area contributed by atoms with Crippen molar-refractivity contribution in [1.82, 2.24) is 9.80 Å². The van der Waals surface area contributed by atoms with Crippen LogP contribution < -0.4 is 4.74 Å². The number of aromatic hydroxyl groups is 1. The molecule has 2 N–H and O–H groups in total. The van der Waals surface area contributed by atoms with Gasteiger partial charge in [-0.3, -0.25) is 24.6 Å². The van der Waals surface area contributed by atoms with Crippen LogP contribution in [0.3, 0.4) is 0 Å². The summed E-state index contributed by atoms with van der Waals surface area (Å²) in [6.07, 6.45) is 0. The summed E-state index contributed by atoms with van der Waals surface area (Å²) >= 11 is 0. The van der Waals surface area contributed by atoms with Gasteiger partial charge < -0.3 is 24.6 Å². The number of ether oxygens (including phenoxy) is 2. The second-order valence-corrected chi connectivity index (χ2v) is 8.18. The van der Waals surface area contributed by atoms with Gasteiger partial charge >= 0.3 is 0 Å². The normalized spacial score (nSPS) is 20.3. The minimum atomic E-state index is -1.07. The minimum Gasteiger partial charge on any atom is -0.507 e. The van der Waals surface area contributed by atoms with Gasteiger partial charge in [0.2, 0.25) is 0 Å². The van der Waals surface area contributed by atoms with Gasteiger partial charge in [-0.25, -0.2) is 0 Å². The van der Waals surface area contributed by atoms with Crippen molar-refractivity contribution in [3.05, 3.63) is 69.3 Å². The number of nitro benzene ring substituents is 1. The first-order valence-corrected chi connectivity index (χ1v) is 11.0. The molecule has 1 amide bonds. The van der Waals surface area contributed by atoms with Crippen LogP contribution in [-0.2, 0) is 14.3 Å². The third-order valence-electron chi connectivity index (χ3n) is 6.16. The zero-order chi connectivity index (χ0) is 25.1. The van der Waals surface area contributed by atoms with Crippen molar-refractivity contribution in [1.29, 1.82) is 0 Å². The molecule has 4 rings (SSSR count). The van der Waals surface area contributed by atoms with Crippen molar-refractivity contribution in [2.45, 2.75) is 6.04 Å². The van der Waals surface area contributed by atoms with Crippen molar-refractivity contribution >= 4 is 23.1 Å². The second kappa shape index (κ2) is 10.1. The van der Waals surface area contributed by atoms with E-state index in [1.165, 1.54) is 48.4 Å². The van der Waals surface area contributed by atoms with E-state index in [1.807, 2.05) is 0 Å². The highest BCUT2D eigenvalue weighted by atomic mass is 16.6. The maximum atomic E-state index is 13.1. The van der Waals surface area contributed by atoms with Crippen LogP contribution >= 0.6 is 0 Å². The fraction of sp³-hybridized carbons (Fsp3) is 0.333. The molecule has 0 saturated carbocycles. The van der Waals surface area contributed by atoms with Gasteiger partial charge in [-0.2, -0.15) is 0 Å². The Hall–Kier alpha value is -3.96. The summed E-state index contributed by atoms with van der Waals surface area (Å²) < 4.78 is 10.4. The van der Waals surface area contributed by atoms with Gasteiger partial charge in [0.05, 0.1) is 42.4 Å². The maximum absolute atomic E-state index is 13.1. The number of Topliss-reactive ketones (excluding diaryl/α,β-unsaturated/α-hetero) is 1. The quantitative estimate of drug-likeness (QED) is 0.199. The molecule has 2 aromatic rings. The molecule has 11 nitrogen and oxygen atoms in total. The molecule has 2 heterocycles. The highest BCUT2D eigenvalue weighted by Gasteiger charge is 2.46. The zero-order valence-corrected chi connectivity index (χ0v) is 19.0. The van der Waals surface area contributed by atoms with E-state index in [-0.39, 0.29) is 29.1 Å². The highest BCUT2D eigenvalue weighted by molar-refractivity contribution is 6.46. The average molecular weight is 483 g/mol. The molecule has 0 aliphatic carbocycles. The summed E-state index contributed by atoms with van der Waals surface area (Å²) in [4.78, 5) is 40.4. The molecule has 0 unspecified atom stereocenters. The predicted molar refractivity (Wildman–Crippen MR) is 124 cm³/mol. The second-order valence-electron chi connectivity index (χ2n) is 8.18. The Balaban J connectivity index is 1.79. The number of non-ortho nitro benzene ring substituents is 1. The average Bonchev–Trinajstić information content (AvgIpc) is 3.12. The van der Waals surface area contributed by atoms with E-state index in [4.69, 9.17) is 9.47 Å². The number of aliphatic hydroxyl groups is 1. The SMILES string of the molecule is COc1ccc(C(O)=C2C(=O)C(=O)N(CCN3CCOCC3)[C@@H]2c2cccc([N+](=O)[O-])c2)c(O)c1. The minimum absolute atomic E-state index is 0.0626. The van der Waals surface area contributed by atoms with Crippen molar-refractivity contribution < 1.29 is 34.2 Å². The number of nitro groups is 1. The van der Waals surface area contributed by atoms with Crippen molar-refractivity contribution in [3.8, 4) is 11.5 Å². The molecule has 0 radical (unpaired) electrons. The number of carbonyl (C=O) groups is 2. The molecule has 184 valence electrons. The van der Waals surface area contributed by atoms with Crippen LogP contribution in [0.25, 0.3) is 5.76 Å². The summed E-state index contributed by atoms with van der Waals surface area (Å²) in [5.74, 6) is -2.35. The molecule has 0 aromatic heterocycles. The Kier molecular flexibility index (Phi) is 6.99. The molecular formula is C24H25N3O8. The molecular weight excluding hydrogens is 458 g/mol. The number of phenols is 1. The van der Waals surface area contributed by atoms with Crippen LogP contribution in [0.1, 0.15) is 17.2 Å². The molecule has 2 aliphatic rings. The lowest BCUT2D eigenvalue weighted by Crippen LogP contribution is -2.42. The van der Waals surface area contributed by atoms with Gasteiger partial charge in [0, 0.05) is 44.4 Å². The topological polar surface area (TPSA) is 143 Å². The highest BCUT2D eigenvalue weighted by Crippen LogP contribution is 2.41. The summed E-state index contributed by atoms with van der Waals surface area (Å²) in [5.41, 5.74) is -0.228. The number of nitrogens with zero attached hydrogens (tertiary/aromatic N) is 3. The number of morpholine rings is 1. The van der Waals surface area contributed by atoms with E-state index in [0.29, 0.717) is 44.2 Å². The van der Waals surface area contributed by atoms with E-state index < -0.39 is 28.4 Å². The Morgan fingerprint density at radius 2 is 1.91 bits per heavy atom. The van der Waals surface area contributed by atoms with Gasteiger partial charge in [-0.1, -0.05) is 12.1 Å². The number of amides is 1. The zero-order valence-electron chi connectivity index (χ0n) is 19.0. The molecule has 0 bridgehead atoms. The first-order valence-electron chi connectivity index (χ1n) is 11.0. The monoisotopic (exact) mass is 483 g/mol. The van der Waals surface area contributed by atoms with Crippen molar-refractivity contribution in [3.63, 3.8) is 0 Å². The van der Waals surface area contributed by atoms with Gasteiger partial charge in [-0.15, -0.1) is 0 Å². The number of carbonyl (C=O) groups excluding carboxylic acids is 2. The van der Waals surface area contributed by atoms with Crippen LogP contribution in [0.4, 0.5) is 5.69 Å². The first-order chi connectivity index (χ1) is 16.8. The third kappa shape index (κ3) is 4.81. The standard InChI is InChI=1S/C24H25N3O8/c1-34-17-5-6-18(19(28)14-17)22(29)20-21(15-3-2-4-16(13-15)27(32)33)26(24(31)23(20)30)8-7-25-9-11-35-12-10-25/h2-6,13-14,21,28-29H,7-12H2,1H3/t21-/m1/s1. The first kappa shape index (κ1) is 24.2. The number of ketones is 1. The van der Waals surface area contributed by atoms with E-state index in [1.54, 1.807) is 6.07 Å². The van der Waals surface area contributed by atoms with Crippen LogP contribution in [0.5, 0.6) is 11.5 Å². The van der Waals surface area contributed by atoms with E-state index in [9.17, 15) is 29.9 Å². The lowest BCUT2D eigenvalue weighted by molar-refractivity contribution is -0.384. The number of hydrogen-bond acceptors (Lipinski definition) is 9. The molecule has 2 saturated heterocycles.